The monoisotopic (exact) mass is 316 g/mol. The predicted octanol–water partition coefficient (Wildman–Crippen LogP) is 3.24. The van der Waals surface area contributed by atoms with Crippen LogP contribution in [0.5, 0.6) is 0 Å². The minimum atomic E-state index is -1.30. The molecule has 1 atom stereocenters. The molecule has 4 heteroatoms. The van der Waals surface area contributed by atoms with Gasteiger partial charge in [-0.2, -0.15) is 0 Å². The van der Waals surface area contributed by atoms with Crippen LogP contribution in [0.25, 0.3) is 0 Å². The number of hydrogen-bond acceptors (Lipinski definition) is 2. The van der Waals surface area contributed by atoms with Crippen molar-refractivity contribution in [1.29, 1.82) is 0 Å². The summed E-state index contributed by atoms with van der Waals surface area (Å²) in [5, 5.41) is 0. The Morgan fingerprint density at radius 2 is 2.22 bits per heavy atom. The molecule has 0 aromatic heterocycles. The number of halogens is 1. The van der Waals surface area contributed by atoms with Crippen molar-refractivity contribution in [2.45, 2.75) is 39.0 Å². The van der Waals surface area contributed by atoms with Crippen molar-refractivity contribution in [3.63, 3.8) is 0 Å². The zero-order valence-corrected chi connectivity index (χ0v) is 14.0. The Bertz CT molecular complexity index is 620. The first kappa shape index (κ1) is 16.2. The van der Waals surface area contributed by atoms with Gasteiger partial charge in [-0.25, -0.2) is 4.39 Å². The third kappa shape index (κ3) is 3.32. The highest BCUT2D eigenvalue weighted by Crippen LogP contribution is 2.35. The summed E-state index contributed by atoms with van der Waals surface area (Å²) in [4.78, 5) is 15.9. The highest BCUT2D eigenvalue weighted by molar-refractivity contribution is 5.87. The molecule has 1 aromatic rings. The first-order valence-electron chi connectivity index (χ1n) is 8.32. The van der Waals surface area contributed by atoms with E-state index >= 15 is 0 Å². The molecule has 0 saturated carbocycles. The number of likely N-dealkylation sites (tertiary alicyclic amines) is 1. The Balaban J connectivity index is 1.65. The number of fused-ring (bicyclic) bond motifs is 1. The third-order valence-electron chi connectivity index (χ3n) is 4.98. The lowest BCUT2D eigenvalue weighted by Gasteiger charge is -2.21. The number of alkyl halides is 1. The summed E-state index contributed by atoms with van der Waals surface area (Å²) >= 11 is 0. The Hall–Kier alpha value is -1.68. The van der Waals surface area contributed by atoms with Crippen LogP contribution in [0.2, 0.25) is 0 Å². The highest BCUT2D eigenvalue weighted by Gasteiger charge is 2.32. The van der Waals surface area contributed by atoms with E-state index in [0.717, 1.165) is 50.3 Å². The SMILES string of the molecule is C=CC(=O)N1CCC(CN2Cc3cccc(C(C)(C)F)c3C2)C1. The summed E-state index contributed by atoms with van der Waals surface area (Å²) in [7, 11) is 0. The van der Waals surface area contributed by atoms with E-state index in [1.54, 1.807) is 13.8 Å². The maximum absolute atomic E-state index is 14.4. The van der Waals surface area contributed by atoms with Crippen molar-refractivity contribution in [2.24, 2.45) is 5.92 Å². The van der Waals surface area contributed by atoms with E-state index in [4.69, 9.17) is 0 Å². The summed E-state index contributed by atoms with van der Waals surface area (Å²) < 4.78 is 14.4. The molecule has 2 heterocycles. The van der Waals surface area contributed by atoms with E-state index in [9.17, 15) is 9.18 Å². The molecule has 3 nitrogen and oxygen atoms in total. The van der Waals surface area contributed by atoms with Crippen LogP contribution in [-0.2, 0) is 23.6 Å². The minimum Gasteiger partial charge on any atom is -0.339 e. The molecular formula is C19H25FN2O. The van der Waals surface area contributed by atoms with Crippen LogP contribution >= 0.6 is 0 Å². The smallest absolute Gasteiger partial charge is 0.245 e. The topological polar surface area (TPSA) is 23.6 Å². The number of benzene rings is 1. The fourth-order valence-electron chi connectivity index (χ4n) is 3.85. The Labute approximate surface area is 137 Å². The van der Waals surface area contributed by atoms with Gasteiger partial charge in [0.2, 0.25) is 5.91 Å². The molecule has 2 aliphatic rings. The van der Waals surface area contributed by atoms with Crippen molar-refractivity contribution < 1.29 is 9.18 Å². The van der Waals surface area contributed by atoms with Gasteiger partial charge in [0.1, 0.15) is 5.67 Å². The average Bonchev–Trinajstić information content (AvgIpc) is 3.11. The van der Waals surface area contributed by atoms with Gasteiger partial charge in [0.25, 0.3) is 0 Å². The maximum Gasteiger partial charge on any atom is 0.245 e. The molecule has 1 aromatic carbocycles. The van der Waals surface area contributed by atoms with Gasteiger partial charge in [-0.15, -0.1) is 0 Å². The maximum atomic E-state index is 14.4. The summed E-state index contributed by atoms with van der Waals surface area (Å²) in [6.45, 7) is 11.1. The lowest BCUT2D eigenvalue weighted by molar-refractivity contribution is -0.125. The number of hydrogen-bond donors (Lipinski definition) is 0. The quantitative estimate of drug-likeness (QED) is 0.796. The predicted molar refractivity (Wildman–Crippen MR) is 89.6 cm³/mol. The van der Waals surface area contributed by atoms with Crippen LogP contribution in [0.15, 0.2) is 30.9 Å². The summed E-state index contributed by atoms with van der Waals surface area (Å²) in [5.74, 6) is 0.522. The molecule has 2 aliphatic heterocycles. The molecule has 23 heavy (non-hydrogen) atoms. The van der Waals surface area contributed by atoms with Crippen LogP contribution in [0.4, 0.5) is 4.39 Å². The fourth-order valence-corrected chi connectivity index (χ4v) is 3.85. The molecule has 0 N–H and O–H groups in total. The van der Waals surface area contributed by atoms with Crippen molar-refractivity contribution in [3.8, 4) is 0 Å². The van der Waals surface area contributed by atoms with Crippen molar-refractivity contribution in [2.75, 3.05) is 19.6 Å². The zero-order chi connectivity index (χ0) is 16.6. The van der Waals surface area contributed by atoms with E-state index in [-0.39, 0.29) is 5.91 Å². The molecule has 1 amide bonds. The van der Waals surface area contributed by atoms with Crippen molar-refractivity contribution in [1.82, 2.24) is 9.80 Å². The summed E-state index contributed by atoms with van der Waals surface area (Å²) in [6, 6.07) is 5.97. The summed E-state index contributed by atoms with van der Waals surface area (Å²) in [5.41, 5.74) is 1.90. The van der Waals surface area contributed by atoms with Gasteiger partial charge in [0.15, 0.2) is 0 Å². The normalized spacial score (nSPS) is 21.5. The van der Waals surface area contributed by atoms with E-state index in [1.165, 1.54) is 11.6 Å². The number of nitrogens with zero attached hydrogens (tertiary/aromatic N) is 2. The fraction of sp³-hybridized carbons (Fsp3) is 0.526. The second-order valence-electron chi connectivity index (χ2n) is 7.23. The van der Waals surface area contributed by atoms with E-state index in [1.807, 2.05) is 17.0 Å². The average molecular weight is 316 g/mol. The largest absolute Gasteiger partial charge is 0.339 e. The van der Waals surface area contributed by atoms with Gasteiger partial charge >= 0.3 is 0 Å². The van der Waals surface area contributed by atoms with E-state index in [2.05, 4.69) is 17.5 Å². The number of amides is 1. The van der Waals surface area contributed by atoms with E-state index < -0.39 is 5.67 Å². The number of rotatable bonds is 4. The lowest BCUT2D eigenvalue weighted by Crippen LogP contribution is -2.30. The molecule has 1 saturated heterocycles. The zero-order valence-electron chi connectivity index (χ0n) is 14.0. The second kappa shape index (κ2) is 6.08. The van der Waals surface area contributed by atoms with Crippen LogP contribution in [0.1, 0.15) is 37.0 Å². The van der Waals surface area contributed by atoms with Crippen molar-refractivity contribution >= 4 is 5.91 Å². The molecule has 3 rings (SSSR count). The first-order chi connectivity index (χ1) is 10.9. The van der Waals surface area contributed by atoms with Gasteiger partial charge in [0, 0.05) is 32.7 Å². The Morgan fingerprint density at radius 1 is 1.43 bits per heavy atom. The first-order valence-corrected chi connectivity index (χ1v) is 8.32. The highest BCUT2D eigenvalue weighted by atomic mass is 19.1. The van der Waals surface area contributed by atoms with Gasteiger partial charge < -0.3 is 4.90 Å². The Morgan fingerprint density at radius 3 is 2.91 bits per heavy atom. The molecule has 1 fully saturated rings. The molecule has 1 unspecified atom stereocenters. The van der Waals surface area contributed by atoms with Gasteiger partial charge in [-0.1, -0.05) is 24.8 Å². The molecule has 0 aliphatic carbocycles. The van der Waals surface area contributed by atoms with Crippen LogP contribution in [-0.4, -0.2) is 35.3 Å². The second-order valence-corrected chi connectivity index (χ2v) is 7.23. The van der Waals surface area contributed by atoms with Gasteiger partial charge in [-0.05, 0) is 49.0 Å². The molecule has 0 spiro atoms. The molecule has 124 valence electrons. The lowest BCUT2D eigenvalue weighted by atomic mass is 9.93. The summed E-state index contributed by atoms with van der Waals surface area (Å²) in [6.07, 6.45) is 2.43. The van der Waals surface area contributed by atoms with E-state index in [0.29, 0.717) is 5.92 Å². The Kier molecular flexibility index (Phi) is 4.28. The van der Waals surface area contributed by atoms with Gasteiger partial charge in [0.05, 0.1) is 0 Å². The molecule has 0 radical (unpaired) electrons. The number of carbonyl (C=O) groups excluding carboxylic acids is 1. The minimum absolute atomic E-state index is 0.0265. The number of carbonyl (C=O) groups is 1. The third-order valence-corrected chi connectivity index (χ3v) is 4.98. The standard InChI is InChI=1S/C19H25FN2O/c1-4-18(23)22-9-8-14(11-22)10-21-12-15-6-5-7-17(16(15)13-21)19(2,3)20/h4-7,14H,1,8-13H2,2-3H3. The van der Waals surface area contributed by atoms with Crippen molar-refractivity contribution in [3.05, 3.63) is 47.5 Å². The van der Waals surface area contributed by atoms with Gasteiger partial charge in [-0.3, -0.25) is 9.69 Å². The van der Waals surface area contributed by atoms with Crippen LogP contribution in [0.3, 0.4) is 0 Å². The molecular weight excluding hydrogens is 291 g/mol. The van der Waals surface area contributed by atoms with Crippen LogP contribution in [0, 0.1) is 5.92 Å². The molecule has 0 bridgehead atoms. The van der Waals surface area contributed by atoms with Crippen LogP contribution < -0.4 is 0 Å².